The van der Waals surface area contributed by atoms with E-state index in [-0.39, 0.29) is 22.9 Å². The van der Waals surface area contributed by atoms with Crippen LogP contribution < -0.4 is 10.6 Å². The van der Waals surface area contributed by atoms with Gasteiger partial charge in [-0.25, -0.2) is 0 Å². The molecule has 0 saturated heterocycles. The second-order valence-electron chi connectivity index (χ2n) is 15.8. The van der Waals surface area contributed by atoms with Crippen molar-refractivity contribution < 1.29 is 9.59 Å². The number of amides is 2. The van der Waals surface area contributed by atoms with Crippen LogP contribution in [0.4, 0.5) is 0 Å². The van der Waals surface area contributed by atoms with E-state index in [9.17, 15) is 9.59 Å². The highest BCUT2D eigenvalue weighted by Crippen LogP contribution is 2.61. The molecular formula is C32H48N2O2. The molecule has 0 spiro atoms. The van der Waals surface area contributed by atoms with Crippen molar-refractivity contribution in [2.24, 2.45) is 58.2 Å². The zero-order chi connectivity index (χ0) is 24.1. The molecule has 10 aliphatic carbocycles. The summed E-state index contributed by atoms with van der Waals surface area (Å²) < 4.78 is 0. The van der Waals surface area contributed by atoms with Crippen molar-refractivity contribution in [2.45, 2.75) is 128 Å². The highest BCUT2D eigenvalue weighted by molar-refractivity contribution is 5.84. The topological polar surface area (TPSA) is 58.2 Å². The largest absolute Gasteiger partial charge is 0.353 e. The predicted molar refractivity (Wildman–Crippen MR) is 140 cm³/mol. The van der Waals surface area contributed by atoms with Crippen LogP contribution in [0.5, 0.6) is 0 Å². The van der Waals surface area contributed by atoms with Crippen LogP contribution in [-0.2, 0) is 9.59 Å². The monoisotopic (exact) mass is 492 g/mol. The summed E-state index contributed by atoms with van der Waals surface area (Å²) in [7, 11) is 0. The number of fused-ring (bicyclic) bond motifs is 1. The minimum absolute atomic E-state index is 0.0594. The zero-order valence-corrected chi connectivity index (χ0v) is 22.3. The molecule has 10 fully saturated rings. The Balaban J connectivity index is 0.985. The average Bonchev–Trinajstić information content (AvgIpc) is 2.82. The fourth-order valence-electron chi connectivity index (χ4n) is 12.7. The molecule has 4 atom stereocenters. The van der Waals surface area contributed by atoms with E-state index < -0.39 is 0 Å². The first kappa shape index (κ1) is 22.9. The highest BCUT2D eigenvalue weighted by Gasteiger charge is 2.57. The Morgan fingerprint density at radius 3 is 1.47 bits per heavy atom. The van der Waals surface area contributed by atoms with Crippen molar-refractivity contribution >= 4 is 11.8 Å². The fraction of sp³-hybridized carbons (Fsp3) is 0.938. The van der Waals surface area contributed by atoms with Crippen LogP contribution in [0.25, 0.3) is 0 Å². The number of hydrogen-bond donors (Lipinski definition) is 2. The minimum atomic E-state index is -0.0612. The molecule has 0 aromatic rings. The standard InChI is InChI=1S/C32H48N2O2/c35-29(31-13-19-5-20(14-31)7-21(6-19)15-31)33-26-11-25-3-1-2-4-27(25)28(12-26)34-30(36)32-16-22-8-23(17-32)10-24(9-22)18-32/h19-28H,1-18H2,(H,33,35)(H,34,36). The van der Waals surface area contributed by atoms with E-state index in [4.69, 9.17) is 0 Å². The van der Waals surface area contributed by atoms with Gasteiger partial charge in [-0.1, -0.05) is 19.3 Å². The van der Waals surface area contributed by atoms with Gasteiger partial charge in [0.05, 0.1) is 0 Å². The molecule has 0 aliphatic heterocycles. The molecule has 8 bridgehead atoms. The van der Waals surface area contributed by atoms with Crippen molar-refractivity contribution in [3.8, 4) is 0 Å². The molecule has 10 aliphatic rings. The molecule has 198 valence electrons. The highest BCUT2D eigenvalue weighted by atomic mass is 16.2. The Labute approximate surface area is 217 Å². The molecule has 36 heavy (non-hydrogen) atoms. The summed E-state index contributed by atoms with van der Waals surface area (Å²) in [4.78, 5) is 27.9. The summed E-state index contributed by atoms with van der Waals surface area (Å²) in [6.07, 6.45) is 22.5. The number of hydrogen-bond acceptors (Lipinski definition) is 2. The Kier molecular flexibility index (Phi) is 5.22. The second kappa shape index (κ2) is 8.22. The minimum Gasteiger partial charge on any atom is -0.353 e. The number of nitrogens with one attached hydrogen (secondary N) is 2. The lowest BCUT2D eigenvalue weighted by Gasteiger charge is -2.57. The van der Waals surface area contributed by atoms with E-state index in [1.54, 1.807) is 0 Å². The Bertz CT molecular complexity index is 855. The van der Waals surface area contributed by atoms with Crippen LogP contribution in [-0.4, -0.2) is 23.9 Å². The van der Waals surface area contributed by atoms with E-state index in [0.717, 1.165) is 86.9 Å². The Morgan fingerprint density at radius 1 is 0.528 bits per heavy atom. The maximum Gasteiger partial charge on any atom is 0.226 e. The summed E-state index contributed by atoms with van der Waals surface area (Å²) in [6, 6.07) is 0.526. The molecule has 2 amide bonds. The van der Waals surface area contributed by atoms with Gasteiger partial charge in [0.2, 0.25) is 11.8 Å². The molecule has 10 saturated carbocycles. The summed E-state index contributed by atoms with van der Waals surface area (Å²) in [6.45, 7) is 0. The van der Waals surface area contributed by atoms with Gasteiger partial charge in [0.25, 0.3) is 0 Å². The lowest BCUT2D eigenvalue weighted by atomic mass is 9.49. The zero-order valence-electron chi connectivity index (χ0n) is 22.3. The molecule has 2 N–H and O–H groups in total. The third-order valence-corrected chi connectivity index (χ3v) is 13.3. The van der Waals surface area contributed by atoms with E-state index in [1.807, 2.05) is 0 Å². The molecule has 4 heteroatoms. The summed E-state index contributed by atoms with van der Waals surface area (Å²) in [5, 5.41) is 7.38. The predicted octanol–water partition coefficient (Wildman–Crippen LogP) is 5.99. The molecule has 4 nitrogen and oxygen atoms in total. The lowest BCUT2D eigenvalue weighted by molar-refractivity contribution is -0.149. The number of rotatable bonds is 4. The summed E-state index contributed by atoms with van der Waals surface area (Å²) >= 11 is 0. The van der Waals surface area contributed by atoms with Crippen LogP contribution in [0.1, 0.15) is 116 Å². The van der Waals surface area contributed by atoms with Crippen molar-refractivity contribution in [1.82, 2.24) is 10.6 Å². The van der Waals surface area contributed by atoms with Crippen molar-refractivity contribution in [3.05, 3.63) is 0 Å². The molecule has 0 radical (unpaired) electrons. The van der Waals surface area contributed by atoms with Gasteiger partial charge >= 0.3 is 0 Å². The van der Waals surface area contributed by atoms with Gasteiger partial charge in [-0.2, -0.15) is 0 Å². The average molecular weight is 493 g/mol. The summed E-state index contributed by atoms with van der Waals surface area (Å²) in [5.41, 5.74) is -0.121. The molecule has 0 aromatic heterocycles. The maximum absolute atomic E-state index is 14.0. The van der Waals surface area contributed by atoms with E-state index >= 15 is 0 Å². The quantitative estimate of drug-likeness (QED) is 0.506. The van der Waals surface area contributed by atoms with Gasteiger partial charge in [-0.3, -0.25) is 9.59 Å². The van der Waals surface area contributed by atoms with Crippen molar-refractivity contribution in [1.29, 1.82) is 0 Å². The fourth-order valence-corrected chi connectivity index (χ4v) is 12.7. The third kappa shape index (κ3) is 3.65. The van der Waals surface area contributed by atoms with E-state index in [1.165, 1.54) is 64.2 Å². The van der Waals surface area contributed by atoms with Gasteiger partial charge < -0.3 is 10.6 Å². The first-order valence-corrected chi connectivity index (χ1v) is 16.1. The van der Waals surface area contributed by atoms with Crippen LogP contribution in [0, 0.1) is 58.2 Å². The first-order valence-electron chi connectivity index (χ1n) is 16.1. The third-order valence-electron chi connectivity index (χ3n) is 13.3. The smallest absolute Gasteiger partial charge is 0.226 e. The van der Waals surface area contributed by atoms with E-state index in [2.05, 4.69) is 10.6 Å². The Hall–Kier alpha value is -1.06. The molecule has 4 unspecified atom stereocenters. The number of carbonyl (C=O) groups is 2. The van der Waals surface area contributed by atoms with Crippen LogP contribution in [0.15, 0.2) is 0 Å². The van der Waals surface area contributed by atoms with Crippen molar-refractivity contribution in [2.75, 3.05) is 0 Å². The van der Waals surface area contributed by atoms with Crippen LogP contribution in [0.2, 0.25) is 0 Å². The molecular weight excluding hydrogens is 444 g/mol. The summed E-state index contributed by atoms with van der Waals surface area (Å²) in [5.74, 6) is 6.96. The first-order chi connectivity index (χ1) is 17.5. The molecule has 0 aromatic carbocycles. The molecule has 10 rings (SSSR count). The van der Waals surface area contributed by atoms with Gasteiger partial charge in [0, 0.05) is 22.9 Å². The Morgan fingerprint density at radius 2 is 0.972 bits per heavy atom. The van der Waals surface area contributed by atoms with Crippen molar-refractivity contribution in [3.63, 3.8) is 0 Å². The van der Waals surface area contributed by atoms with Gasteiger partial charge in [0.1, 0.15) is 0 Å². The van der Waals surface area contributed by atoms with Gasteiger partial charge in [-0.05, 0) is 144 Å². The molecule has 0 heterocycles. The normalized spacial score (nSPS) is 54.2. The maximum atomic E-state index is 14.0. The number of carbonyl (C=O) groups excluding carboxylic acids is 2. The van der Waals surface area contributed by atoms with Gasteiger partial charge in [-0.15, -0.1) is 0 Å². The second-order valence-corrected chi connectivity index (χ2v) is 15.8. The van der Waals surface area contributed by atoms with E-state index in [0.29, 0.717) is 23.7 Å². The SMILES string of the molecule is O=C(NC1CC2CCCCC2C(NC(=O)C23CC4CC(CC(C4)C2)C3)C1)C12CC3CC(CC(C3)C1)C2. The van der Waals surface area contributed by atoms with Gasteiger partial charge in [0.15, 0.2) is 0 Å². The van der Waals surface area contributed by atoms with Crippen LogP contribution >= 0.6 is 0 Å². The van der Waals surface area contributed by atoms with Crippen LogP contribution in [0.3, 0.4) is 0 Å². The lowest BCUT2D eigenvalue weighted by Crippen LogP contribution is -2.60.